The lowest BCUT2D eigenvalue weighted by Gasteiger charge is -2.35. The van der Waals surface area contributed by atoms with Crippen LogP contribution in [0.5, 0.6) is 0 Å². The number of aromatic nitrogens is 2. The van der Waals surface area contributed by atoms with E-state index in [1.54, 1.807) is 0 Å². The molecule has 1 amide bonds. The third kappa shape index (κ3) is 3.06. The van der Waals surface area contributed by atoms with Crippen molar-refractivity contribution in [3.8, 4) is 0 Å². The molecule has 0 aliphatic carbocycles. The van der Waals surface area contributed by atoms with Crippen molar-refractivity contribution in [3.63, 3.8) is 0 Å². The van der Waals surface area contributed by atoms with E-state index in [1.807, 2.05) is 0 Å². The molecule has 1 aliphatic heterocycles. The molecule has 0 bridgehead atoms. The van der Waals surface area contributed by atoms with Crippen molar-refractivity contribution in [2.75, 3.05) is 0 Å². The monoisotopic (exact) mass is 367 g/mol. The van der Waals surface area contributed by atoms with Crippen LogP contribution in [-0.4, -0.2) is 55.0 Å². The van der Waals surface area contributed by atoms with Gasteiger partial charge in [0.15, 0.2) is 0 Å². The van der Waals surface area contributed by atoms with E-state index in [4.69, 9.17) is 0 Å². The first-order valence-electron chi connectivity index (χ1n) is 6.81. The highest BCUT2D eigenvalue weighted by Gasteiger charge is 2.56. The largest absolute Gasteiger partial charge is 0.364 e. The summed E-state index contributed by atoms with van der Waals surface area (Å²) in [7, 11) is 0. The molecule has 25 heavy (non-hydrogen) atoms. The maximum Gasteiger partial charge on any atom is 0.307 e. The van der Waals surface area contributed by atoms with E-state index in [0.29, 0.717) is 0 Å². The Morgan fingerprint density at radius 3 is 2.48 bits per heavy atom. The first-order chi connectivity index (χ1) is 11.4. The molecule has 1 unspecified atom stereocenters. The number of nitrogens with zero attached hydrogens (tertiary/aromatic N) is 5. The predicted molar refractivity (Wildman–Crippen MR) is 74.1 cm³/mol. The van der Waals surface area contributed by atoms with Crippen molar-refractivity contribution >= 4 is 17.3 Å². The fraction of sp³-hybridized carbons (Fsp3) is 0.583. The number of hydrogen-bond acceptors (Lipinski definition) is 6. The molecule has 1 aromatic rings. The van der Waals surface area contributed by atoms with Gasteiger partial charge < -0.3 is 5.11 Å². The number of rotatable bonds is 5. The van der Waals surface area contributed by atoms with Gasteiger partial charge in [-0.05, 0) is 13.8 Å². The van der Waals surface area contributed by atoms with Crippen molar-refractivity contribution in [1.82, 2.24) is 14.8 Å². The van der Waals surface area contributed by atoms with Crippen LogP contribution in [-0.2, 0) is 10.3 Å². The van der Waals surface area contributed by atoms with Crippen LogP contribution in [0.2, 0.25) is 0 Å². The van der Waals surface area contributed by atoms with Crippen LogP contribution < -0.4 is 0 Å². The average molecular weight is 367 g/mol. The van der Waals surface area contributed by atoms with Crippen molar-refractivity contribution in [3.05, 3.63) is 22.5 Å². The minimum Gasteiger partial charge on any atom is -0.364 e. The minimum atomic E-state index is -3.57. The Bertz CT molecular complexity index is 735. The van der Waals surface area contributed by atoms with Gasteiger partial charge in [-0.2, -0.15) is 15.2 Å². The number of carbonyl (C=O) groups is 1. The lowest BCUT2D eigenvalue weighted by atomic mass is 10.0. The predicted octanol–water partition coefficient (Wildman–Crippen LogP) is 1.33. The highest BCUT2D eigenvalue weighted by Crippen LogP contribution is 2.36. The molecule has 0 fully saturated rings. The van der Waals surface area contributed by atoms with Gasteiger partial charge in [0.2, 0.25) is 5.72 Å². The Labute approximate surface area is 137 Å². The fourth-order valence-corrected chi connectivity index (χ4v) is 2.17. The molecule has 1 aliphatic rings. The van der Waals surface area contributed by atoms with Gasteiger partial charge in [0, 0.05) is 6.42 Å². The van der Waals surface area contributed by atoms with Crippen LogP contribution in [0.1, 0.15) is 20.3 Å². The number of hydrogen-bond donors (Lipinski definition) is 1. The lowest BCUT2D eigenvalue weighted by Crippen LogP contribution is -2.57. The normalized spacial score (nSPS) is 21.2. The van der Waals surface area contributed by atoms with Crippen molar-refractivity contribution in [2.45, 2.75) is 44.4 Å². The Kier molecular flexibility index (Phi) is 4.55. The summed E-state index contributed by atoms with van der Waals surface area (Å²) < 4.78 is 52.8. The first-order valence-corrected chi connectivity index (χ1v) is 6.81. The summed E-state index contributed by atoms with van der Waals surface area (Å²) >= 11 is 0. The number of hydrazone groups is 1. The third-order valence-corrected chi connectivity index (χ3v) is 3.71. The zero-order chi connectivity index (χ0) is 19.2. The summed E-state index contributed by atoms with van der Waals surface area (Å²) in [5.74, 6) is -1.29. The fourth-order valence-electron chi connectivity index (χ4n) is 2.17. The molecule has 0 saturated carbocycles. The zero-order valence-electron chi connectivity index (χ0n) is 12.9. The van der Waals surface area contributed by atoms with Gasteiger partial charge in [-0.15, -0.1) is 0 Å². The second-order valence-corrected chi connectivity index (χ2v) is 5.82. The van der Waals surface area contributed by atoms with Crippen LogP contribution in [0, 0.1) is 10.1 Å². The number of aliphatic hydroxyl groups is 1. The number of carbonyl (C=O) groups excluding carboxylic acids is 1. The summed E-state index contributed by atoms with van der Waals surface area (Å²) in [6, 6.07) is 0. The summed E-state index contributed by atoms with van der Waals surface area (Å²) in [6.45, 7) is 2.32. The topological polar surface area (TPSA) is 114 Å². The molecule has 0 saturated heterocycles. The Hall–Kier alpha value is -2.57. The Morgan fingerprint density at radius 1 is 1.44 bits per heavy atom. The average Bonchev–Trinajstić information content (AvgIpc) is 3.12. The van der Waals surface area contributed by atoms with E-state index < -0.39 is 52.8 Å². The van der Waals surface area contributed by atoms with Crippen molar-refractivity contribution in [1.29, 1.82) is 0 Å². The Morgan fingerprint density at radius 2 is 2.04 bits per heavy atom. The molecule has 0 spiro atoms. The van der Waals surface area contributed by atoms with E-state index in [9.17, 15) is 37.6 Å². The van der Waals surface area contributed by atoms with Crippen LogP contribution in [0.15, 0.2) is 17.5 Å². The molecule has 0 radical (unpaired) electrons. The van der Waals surface area contributed by atoms with Crippen LogP contribution in [0.3, 0.4) is 0 Å². The Balaban J connectivity index is 2.42. The molecule has 13 heteroatoms. The number of nitro groups is 1. The van der Waals surface area contributed by atoms with Crippen LogP contribution in [0.4, 0.5) is 23.2 Å². The van der Waals surface area contributed by atoms with Gasteiger partial charge in [0.05, 0.1) is 4.92 Å². The molecule has 2 rings (SSSR count). The van der Waals surface area contributed by atoms with E-state index in [2.05, 4.69) is 10.2 Å². The van der Waals surface area contributed by atoms with Gasteiger partial charge in [-0.3, -0.25) is 19.6 Å². The second kappa shape index (κ2) is 6.06. The van der Waals surface area contributed by atoms with Gasteiger partial charge in [0.1, 0.15) is 23.6 Å². The molecule has 138 valence electrons. The number of alkyl halides is 4. The van der Waals surface area contributed by atoms with Gasteiger partial charge in [-0.1, -0.05) is 0 Å². The minimum absolute atomic E-state index is 0.104. The molecule has 1 atom stereocenters. The lowest BCUT2D eigenvalue weighted by molar-refractivity contribution is -0.385. The van der Waals surface area contributed by atoms with E-state index in [-0.39, 0.29) is 5.01 Å². The standard InChI is InChI=1S/C12H13F4N5O4/c1-11(2,19-5-6(4-17-19)21(24)25)10(22)20-12(23,9(15)16)3-7(18-20)8(13)14/h4-5,8-9,23H,3H2,1-2H3. The number of halogens is 4. The molecule has 2 heterocycles. The van der Waals surface area contributed by atoms with Gasteiger partial charge in [-0.25, -0.2) is 17.6 Å². The molecule has 1 N–H and O–H groups in total. The smallest absolute Gasteiger partial charge is 0.307 e. The van der Waals surface area contributed by atoms with Crippen molar-refractivity contribution < 1.29 is 32.4 Å². The second-order valence-electron chi connectivity index (χ2n) is 5.82. The van der Waals surface area contributed by atoms with E-state index in [0.717, 1.165) is 30.9 Å². The molecule has 1 aromatic heterocycles. The molecular weight excluding hydrogens is 354 g/mol. The molecule has 0 aromatic carbocycles. The van der Waals surface area contributed by atoms with Crippen molar-refractivity contribution in [2.24, 2.45) is 5.10 Å². The van der Waals surface area contributed by atoms with E-state index in [1.165, 1.54) is 0 Å². The van der Waals surface area contributed by atoms with Crippen LogP contribution >= 0.6 is 0 Å². The van der Waals surface area contributed by atoms with Crippen LogP contribution in [0.25, 0.3) is 0 Å². The molecule has 9 nitrogen and oxygen atoms in total. The summed E-state index contributed by atoms with van der Waals surface area (Å²) in [5, 5.41) is 27.3. The maximum absolute atomic E-state index is 13.2. The van der Waals surface area contributed by atoms with Gasteiger partial charge in [0.25, 0.3) is 18.8 Å². The van der Waals surface area contributed by atoms with E-state index >= 15 is 0 Å². The SMILES string of the molecule is CC(C)(C(=O)N1N=C(C(F)F)CC1(O)C(F)F)n1cc([N+](=O)[O-])cn1. The maximum atomic E-state index is 13.2. The summed E-state index contributed by atoms with van der Waals surface area (Å²) in [5.41, 5.74) is -6.60. The quantitative estimate of drug-likeness (QED) is 0.479. The summed E-state index contributed by atoms with van der Waals surface area (Å²) in [6.07, 6.45) is -6.33. The highest BCUT2D eigenvalue weighted by atomic mass is 19.3. The number of amides is 1. The zero-order valence-corrected chi connectivity index (χ0v) is 12.9. The van der Waals surface area contributed by atoms with Gasteiger partial charge >= 0.3 is 5.69 Å². The summed E-state index contributed by atoms with van der Waals surface area (Å²) in [4.78, 5) is 22.5. The third-order valence-electron chi connectivity index (χ3n) is 3.71. The molecular formula is C12H13F4N5O4. The first kappa shape index (κ1) is 18.8. The highest BCUT2D eigenvalue weighted by molar-refractivity contribution is 5.94.